The Morgan fingerprint density at radius 1 is 1.60 bits per heavy atom. The van der Waals surface area contributed by atoms with Crippen LogP contribution in [0.25, 0.3) is 0 Å². The first-order valence-electron chi connectivity index (χ1n) is 6.38. The minimum atomic E-state index is -3.50. The van der Waals surface area contributed by atoms with E-state index in [1.807, 2.05) is 0 Å². The highest BCUT2D eigenvalue weighted by atomic mass is 35.5. The van der Waals surface area contributed by atoms with Crippen LogP contribution in [0.3, 0.4) is 0 Å². The summed E-state index contributed by atoms with van der Waals surface area (Å²) in [4.78, 5) is 3.71. The predicted octanol–water partition coefficient (Wildman–Crippen LogP) is 1.66. The van der Waals surface area contributed by atoms with Gasteiger partial charge in [-0.15, -0.1) is 0 Å². The van der Waals surface area contributed by atoms with Gasteiger partial charge in [0.15, 0.2) is 8.68 Å². The first kappa shape index (κ1) is 16.1. The van der Waals surface area contributed by atoms with Gasteiger partial charge >= 0.3 is 0 Å². The smallest absolute Gasteiger partial charge is 0.251 e. The Morgan fingerprint density at radius 2 is 2.45 bits per heavy atom. The van der Waals surface area contributed by atoms with Gasteiger partial charge in [0.2, 0.25) is 0 Å². The minimum absolute atomic E-state index is 0.128. The summed E-state index contributed by atoms with van der Waals surface area (Å²) in [5.41, 5.74) is 0. The fourth-order valence-corrected chi connectivity index (χ4v) is 4.22. The molecule has 1 atom stereocenters. The van der Waals surface area contributed by atoms with Gasteiger partial charge in [-0.25, -0.2) is 18.1 Å². The molecule has 114 valence electrons. The normalized spacial score (nSPS) is 19.6. The number of hydrogen-bond donors (Lipinski definition) is 1. The standard InChI is InChI=1S/C11H17ClN2O4S2/c12-11-13-7-10(19-11)20(15,16)14-4-2-5-17-8-9-3-1-6-18-9/h7,9,14H,1-6,8H2. The molecule has 0 spiro atoms. The molecule has 1 fully saturated rings. The maximum Gasteiger partial charge on any atom is 0.251 e. The van der Waals surface area contributed by atoms with E-state index < -0.39 is 10.0 Å². The molecule has 0 radical (unpaired) electrons. The highest BCUT2D eigenvalue weighted by Gasteiger charge is 2.17. The lowest BCUT2D eigenvalue weighted by Gasteiger charge is -2.10. The molecule has 1 aliphatic heterocycles. The second-order valence-corrected chi connectivity index (χ2v) is 8.00. The third-order valence-electron chi connectivity index (χ3n) is 2.81. The first-order chi connectivity index (χ1) is 9.58. The lowest BCUT2D eigenvalue weighted by atomic mass is 10.2. The number of halogens is 1. The van der Waals surface area contributed by atoms with Crippen molar-refractivity contribution in [2.45, 2.75) is 29.6 Å². The molecule has 1 unspecified atom stereocenters. The van der Waals surface area contributed by atoms with E-state index in [0.717, 1.165) is 30.8 Å². The van der Waals surface area contributed by atoms with Crippen LogP contribution in [0.5, 0.6) is 0 Å². The summed E-state index contributed by atoms with van der Waals surface area (Å²) in [5.74, 6) is 0. The van der Waals surface area contributed by atoms with Gasteiger partial charge in [0.1, 0.15) is 0 Å². The lowest BCUT2D eigenvalue weighted by molar-refractivity contribution is 0.0169. The molecular formula is C11H17ClN2O4S2. The lowest BCUT2D eigenvalue weighted by Crippen LogP contribution is -2.25. The van der Waals surface area contributed by atoms with Gasteiger partial charge in [0.25, 0.3) is 10.0 Å². The van der Waals surface area contributed by atoms with Crippen LogP contribution < -0.4 is 4.72 Å². The van der Waals surface area contributed by atoms with Crippen LogP contribution in [-0.2, 0) is 19.5 Å². The monoisotopic (exact) mass is 340 g/mol. The fourth-order valence-electron chi connectivity index (χ4n) is 1.81. The average molecular weight is 341 g/mol. The van der Waals surface area contributed by atoms with E-state index in [4.69, 9.17) is 21.1 Å². The molecule has 20 heavy (non-hydrogen) atoms. The minimum Gasteiger partial charge on any atom is -0.379 e. The van der Waals surface area contributed by atoms with Crippen LogP contribution in [0, 0.1) is 0 Å². The average Bonchev–Trinajstić information content (AvgIpc) is 3.05. The van der Waals surface area contributed by atoms with Gasteiger partial charge in [-0.1, -0.05) is 22.9 Å². The van der Waals surface area contributed by atoms with Gasteiger partial charge in [-0.3, -0.25) is 0 Å². The summed E-state index contributed by atoms with van der Waals surface area (Å²) in [5, 5.41) is 0. The summed E-state index contributed by atoms with van der Waals surface area (Å²) in [6.07, 6.45) is 4.19. The van der Waals surface area contributed by atoms with Gasteiger partial charge in [0.05, 0.1) is 18.9 Å². The van der Waals surface area contributed by atoms with Crippen LogP contribution in [-0.4, -0.2) is 45.9 Å². The summed E-state index contributed by atoms with van der Waals surface area (Å²) in [7, 11) is -3.50. The molecule has 1 N–H and O–H groups in total. The zero-order valence-corrected chi connectivity index (χ0v) is 13.3. The molecule has 0 amide bonds. The molecule has 1 aliphatic rings. The van der Waals surface area contributed by atoms with Crippen molar-refractivity contribution in [3.05, 3.63) is 10.7 Å². The Bertz CT molecular complexity index is 514. The van der Waals surface area contributed by atoms with Crippen LogP contribution in [0.2, 0.25) is 4.47 Å². The molecule has 0 saturated carbocycles. The van der Waals surface area contributed by atoms with E-state index in [1.165, 1.54) is 6.20 Å². The highest BCUT2D eigenvalue weighted by Crippen LogP contribution is 2.21. The third kappa shape index (κ3) is 4.94. The van der Waals surface area contributed by atoms with Gasteiger partial charge in [-0.2, -0.15) is 0 Å². The second-order valence-electron chi connectivity index (χ2n) is 4.39. The first-order valence-corrected chi connectivity index (χ1v) is 9.06. The Balaban J connectivity index is 1.60. The van der Waals surface area contributed by atoms with Gasteiger partial charge < -0.3 is 9.47 Å². The number of rotatable bonds is 8. The van der Waals surface area contributed by atoms with E-state index in [9.17, 15) is 8.42 Å². The van der Waals surface area contributed by atoms with E-state index in [2.05, 4.69) is 9.71 Å². The largest absolute Gasteiger partial charge is 0.379 e. The zero-order chi connectivity index (χ0) is 14.4. The Hall–Kier alpha value is -0.250. The molecule has 1 aromatic rings. The maximum atomic E-state index is 11.8. The number of nitrogens with zero attached hydrogens (tertiary/aromatic N) is 1. The van der Waals surface area contributed by atoms with E-state index in [0.29, 0.717) is 26.2 Å². The molecule has 1 aromatic heterocycles. The van der Waals surface area contributed by atoms with Crippen molar-refractivity contribution in [2.24, 2.45) is 0 Å². The van der Waals surface area contributed by atoms with Gasteiger partial charge in [0, 0.05) is 19.8 Å². The van der Waals surface area contributed by atoms with Crippen LogP contribution >= 0.6 is 22.9 Å². The van der Waals surface area contributed by atoms with E-state index in [-0.39, 0.29) is 14.8 Å². The molecule has 0 bridgehead atoms. The van der Waals surface area contributed by atoms with Crippen LogP contribution in [0.1, 0.15) is 19.3 Å². The number of thiazole rings is 1. The van der Waals surface area contributed by atoms with Crippen molar-refractivity contribution in [1.29, 1.82) is 0 Å². The van der Waals surface area contributed by atoms with Crippen molar-refractivity contribution in [1.82, 2.24) is 9.71 Å². The maximum absolute atomic E-state index is 11.8. The summed E-state index contributed by atoms with van der Waals surface area (Å²) in [6.45, 7) is 2.22. The van der Waals surface area contributed by atoms with Crippen molar-refractivity contribution in [2.75, 3.05) is 26.4 Å². The van der Waals surface area contributed by atoms with Crippen molar-refractivity contribution in [3.63, 3.8) is 0 Å². The highest BCUT2D eigenvalue weighted by molar-refractivity contribution is 7.91. The molecule has 6 nitrogen and oxygen atoms in total. The van der Waals surface area contributed by atoms with Gasteiger partial charge in [-0.05, 0) is 19.3 Å². The van der Waals surface area contributed by atoms with Crippen molar-refractivity contribution >= 4 is 33.0 Å². The third-order valence-corrected chi connectivity index (χ3v) is 5.84. The number of aromatic nitrogens is 1. The Labute approximate surface area is 127 Å². The topological polar surface area (TPSA) is 77.5 Å². The fraction of sp³-hybridized carbons (Fsp3) is 0.727. The molecule has 2 rings (SSSR count). The Morgan fingerprint density at radius 3 is 3.10 bits per heavy atom. The molecule has 1 saturated heterocycles. The van der Waals surface area contributed by atoms with Crippen LogP contribution in [0.15, 0.2) is 10.4 Å². The summed E-state index contributed by atoms with van der Waals surface area (Å²) in [6, 6.07) is 0. The number of ether oxygens (including phenoxy) is 2. The molecule has 0 aliphatic carbocycles. The van der Waals surface area contributed by atoms with Crippen molar-refractivity contribution in [3.8, 4) is 0 Å². The Kier molecular flexibility index (Phi) is 6.19. The zero-order valence-electron chi connectivity index (χ0n) is 10.9. The number of sulfonamides is 1. The quantitative estimate of drug-likeness (QED) is 0.728. The van der Waals surface area contributed by atoms with Crippen molar-refractivity contribution < 1.29 is 17.9 Å². The molecule has 9 heteroatoms. The van der Waals surface area contributed by atoms with Crippen LogP contribution in [0.4, 0.5) is 0 Å². The molecule has 2 heterocycles. The van der Waals surface area contributed by atoms with E-state index >= 15 is 0 Å². The SMILES string of the molecule is O=S(=O)(NCCCOCC1CCCO1)c1cnc(Cl)s1. The second kappa shape index (κ2) is 7.67. The summed E-state index contributed by atoms with van der Waals surface area (Å²) < 4.78 is 37.4. The number of hydrogen-bond acceptors (Lipinski definition) is 6. The number of nitrogens with one attached hydrogen (secondary N) is 1. The predicted molar refractivity (Wildman–Crippen MR) is 76.7 cm³/mol. The van der Waals surface area contributed by atoms with E-state index in [1.54, 1.807) is 0 Å². The molecule has 0 aromatic carbocycles. The summed E-state index contributed by atoms with van der Waals surface area (Å²) >= 11 is 6.55. The molecular weight excluding hydrogens is 324 g/mol.